The zero-order valence-corrected chi connectivity index (χ0v) is 13.4. The Morgan fingerprint density at radius 1 is 1.24 bits per heavy atom. The molecule has 116 valence electrons. The lowest BCUT2D eigenvalue weighted by molar-refractivity contribution is 0.0751. The summed E-state index contributed by atoms with van der Waals surface area (Å²) in [5, 5.41) is 11.6. The number of para-hydroxylation sites is 1. The minimum absolute atomic E-state index is 0.482. The fourth-order valence-corrected chi connectivity index (χ4v) is 2.59. The maximum atomic E-state index is 10.5. The summed E-state index contributed by atoms with van der Waals surface area (Å²) in [6.45, 7) is 8.28. The standard InChI is InChI=1S/C18H27NO2/c1-4-6-11-19(14(3)5-2)13-16(20)18-12-15-9-7-8-10-17(15)21-18/h7-10,12,14,16,20H,4-6,11,13H2,1-3H3. The van der Waals surface area contributed by atoms with Crippen LogP contribution in [0.4, 0.5) is 0 Å². The third-order valence-electron chi connectivity index (χ3n) is 4.19. The molecule has 2 unspecified atom stereocenters. The van der Waals surface area contributed by atoms with Gasteiger partial charge in [-0.2, -0.15) is 0 Å². The Kier molecular flexibility index (Phi) is 5.83. The highest BCUT2D eigenvalue weighted by Crippen LogP contribution is 2.25. The summed E-state index contributed by atoms with van der Waals surface area (Å²) in [4.78, 5) is 2.36. The molecule has 0 fully saturated rings. The van der Waals surface area contributed by atoms with Crippen LogP contribution in [0, 0.1) is 0 Å². The van der Waals surface area contributed by atoms with Gasteiger partial charge in [0, 0.05) is 18.0 Å². The van der Waals surface area contributed by atoms with Crippen LogP contribution in [0.15, 0.2) is 34.7 Å². The fourth-order valence-electron chi connectivity index (χ4n) is 2.59. The van der Waals surface area contributed by atoms with Crippen molar-refractivity contribution < 1.29 is 9.52 Å². The Labute approximate surface area is 127 Å². The minimum atomic E-state index is -0.566. The predicted molar refractivity (Wildman–Crippen MR) is 87.4 cm³/mol. The van der Waals surface area contributed by atoms with Crippen molar-refractivity contribution in [3.05, 3.63) is 36.1 Å². The summed E-state index contributed by atoms with van der Waals surface area (Å²) in [7, 11) is 0. The van der Waals surface area contributed by atoms with Gasteiger partial charge in [-0.25, -0.2) is 0 Å². The molecule has 0 amide bonds. The highest BCUT2D eigenvalue weighted by molar-refractivity contribution is 5.77. The SMILES string of the molecule is CCCCN(CC(O)c1cc2ccccc2o1)C(C)CC. The molecule has 2 aromatic rings. The first-order valence-corrected chi connectivity index (χ1v) is 8.06. The second kappa shape index (κ2) is 7.62. The Hall–Kier alpha value is -1.32. The van der Waals surface area contributed by atoms with Crippen molar-refractivity contribution in [3.63, 3.8) is 0 Å². The Morgan fingerprint density at radius 2 is 2.00 bits per heavy atom. The quantitative estimate of drug-likeness (QED) is 0.784. The number of unbranched alkanes of at least 4 members (excludes halogenated alkanes) is 1. The third kappa shape index (κ3) is 4.08. The van der Waals surface area contributed by atoms with Crippen LogP contribution in [0.1, 0.15) is 51.9 Å². The second-order valence-electron chi connectivity index (χ2n) is 5.81. The van der Waals surface area contributed by atoms with E-state index in [0.29, 0.717) is 18.3 Å². The zero-order chi connectivity index (χ0) is 15.2. The maximum absolute atomic E-state index is 10.5. The van der Waals surface area contributed by atoms with Gasteiger partial charge < -0.3 is 9.52 Å². The normalized spacial score (nSPS) is 14.7. The lowest BCUT2D eigenvalue weighted by Gasteiger charge is -2.29. The van der Waals surface area contributed by atoms with Gasteiger partial charge in [0.2, 0.25) is 0 Å². The molecule has 2 atom stereocenters. The summed E-state index contributed by atoms with van der Waals surface area (Å²) in [5.74, 6) is 0.668. The molecule has 21 heavy (non-hydrogen) atoms. The second-order valence-corrected chi connectivity index (χ2v) is 5.81. The van der Waals surface area contributed by atoms with Crippen LogP contribution in [-0.2, 0) is 0 Å². The van der Waals surface area contributed by atoms with Crippen LogP contribution >= 0.6 is 0 Å². The molecule has 3 nitrogen and oxygen atoms in total. The van der Waals surface area contributed by atoms with Crippen LogP contribution in [0.3, 0.4) is 0 Å². The van der Waals surface area contributed by atoms with Crippen molar-refractivity contribution in [2.45, 2.75) is 52.2 Å². The molecule has 0 spiro atoms. The van der Waals surface area contributed by atoms with E-state index in [1.54, 1.807) is 0 Å². The molecule has 3 heteroatoms. The van der Waals surface area contributed by atoms with Crippen LogP contribution in [0.25, 0.3) is 11.0 Å². The van der Waals surface area contributed by atoms with Gasteiger partial charge in [-0.3, -0.25) is 4.90 Å². The molecule has 1 aromatic heterocycles. The summed E-state index contributed by atoms with van der Waals surface area (Å²) >= 11 is 0. The van der Waals surface area contributed by atoms with E-state index in [-0.39, 0.29) is 0 Å². The van der Waals surface area contributed by atoms with Gasteiger partial charge in [-0.15, -0.1) is 0 Å². The fraction of sp³-hybridized carbons (Fsp3) is 0.556. The van der Waals surface area contributed by atoms with E-state index in [0.717, 1.165) is 30.4 Å². The van der Waals surface area contributed by atoms with E-state index >= 15 is 0 Å². The van der Waals surface area contributed by atoms with Crippen molar-refractivity contribution in [1.29, 1.82) is 0 Å². The van der Waals surface area contributed by atoms with Gasteiger partial charge in [0.15, 0.2) is 0 Å². The van der Waals surface area contributed by atoms with Crippen LogP contribution < -0.4 is 0 Å². The van der Waals surface area contributed by atoms with E-state index in [9.17, 15) is 5.11 Å². The average molecular weight is 289 g/mol. The van der Waals surface area contributed by atoms with Crippen molar-refractivity contribution in [2.24, 2.45) is 0 Å². The molecule has 1 aromatic carbocycles. The van der Waals surface area contributed by atoms with Crippen molar-refractivity contribution in [2.75, 3.05) is 13.1 Å². The molecule has 0 aliphatic rings. The van der Waals surface area contributed by atoms with Crippen LogP contribution in [0.5, 0.6) is 0 Å². The zero-order valence-electron chi connectivity index (χ0n) is 13.4. The predicted octanol–water partition coefficient (Wildman–Crippen LogP) is 4.37. The van der Waals surface area contributed by atoms with E-state index in [4.69, 9.17) is 4.42 Å². The van der Waals surface area contributed by atoms with Gasteiger partial charge in [0.1, 0.15) is 17.4 Å². The molecular weight excluding hydrogens is 262 g/mol. The van der Waals surface area contributed by atoms with Crippen molar-refractivity contribution >= 4 is 11.0 Å². The highest BCUT2D eigenvalue weighted by atomic mass is 16.4. The van der Waals surface area contributed by atoms with Crippen LogP contribution in [0.2, 0.25) is 0 Å². The summed E-state index contributed by atoms with van der Waals surface area (Å²) in [6, 6.07) is 10.3. The van der Waals surface area contributed by atoms with E-state index in [2.05, 4.69) is 25.7 Å². The van der Waals surface area contributed by atoms with Gasteiger partial charge in [0.05, 0.1) is 0 Å². The topological polar surface area (TPSA) is 36.6 Å². The van der Waals surface area contributed by atoms with Crippen LogP contribution in [-0.4, -0.2) is 29.1 Å². The lowest BCUT2D eigenvalue weighted by Crippen LogP contribution is -2.36. The molecule has 2 rings (SSSR count). The summed E-state index contributed by atoms with van der Waals surface area (Å²) in [5.41, 5.74) is 0.843. The maximum Gasteiger partial charge on any atom is 0.135 e. The number of hydrogen-bond donors (Lipinski definition) is 1. The van der Waals surface area contributed by atoms with E-state index < -0.39 is 6.10 Å². The number of aliphatic hydroxyl groups is 1. The number of furan rings is 1. The molecule has 0 saturated carbocycles. The number of benzene rings is 1. The van der Waals surface area contributed by atoms with Crippen molar-refractivity contribution in [1.82, 2.24) is 4.90 Å². The Bertz CT molecular complexity index is 516. The Morgan fingerprint density at radius 3 is 2.67 bits per heavy atom. The number of rotatable bonds is 8. The molecule has 1 N–H and O–H groups in total. The van der Waals surface area contributed by atoms with Gasteiger partial charge in [0.25, 0.3) is 0 Å². The first-order valence-electron chi connectivity index (χ1n) is 8.06. The number of fused-ring (bicyclic) bond motifs is 1. The molecule has 1 heterocycles. The molecule has 0 saturated heterocycles. The van der Waals surface area contributed by atoms with E-state index in [1.165, 1.54) is 6.42 Å². The Balaban J connectivity index is 2.08. The summed E-state index contributed by atoms with van der Waals surface area (Å²) < 4.78 is 5.77. The first kappa shape index (κ1) is 16.1. The highest BCUT2D eigenvalue weighted by Gasteiger charge is 2.20. The molecular formula is C18H27NO2. The third-order valence-corrected chi connectivity index (χ3v) is 4.19. The smallest absolute Gasteiger partial charge is 0.135 e. The molecule has 0 aliphatic carbocycles. The number of hydrogen-bond acceptors (Lipinski definition) is 3. The molecule has 0 bridgehead atoms. The minimum Gasteiger partial charge on any atom is -0.458 e. The van der Waals surface area contributed by atoms with E-state index in [1.807, 2.05) is 30.3 Å². The molecule has 0 radical (unpaired) electrons. The van der Waals surface area contributed by atoms with Gasteiger partial charge in [-0.05, 0) is 38.4 Å². The monoisotopic (exact) mass is 289 g/mol. The largest absolute Gasteiger partial charge is 0.458 e. The summed E-state index contributed by atoms with van der Waals surface area (Å²) in [6.07, 6.45) is 2.87. The lowest BCUT2D eigenvalue weighted by atomic mass is 10.1. The average Bonchev–Trinajstić information content (AvgIpc) is 2.94. The van der Waals surface area contributed by atoms with Crippen molar-refractivity contribution in [3.8, 4) is 0 Å². The number of aliphatic hydroxyl groups excluding tert-OH is 1. The first-order chi connectivity index (χ1) is 10.2. The van der Waals surface area contributed by atoms with Gasteiger partial charge >= 0.3 is 0 Å². The number of nitrogens with zero attached hydrogens (tertiary/aromatic N) is 1. The molecule has 0 aliphatic heterocycles. The van der Waals surface area contributed by atoms with Gasteiger partial charge in [-0.1, -0.05) is 38.5 Å².